The summed E-state index contributed by atoms with van der Waals surface area (Å²) < 4.78 is 0. The summed E-state index contributed by atoms with van der Waals surface area (Å²) in [4.78, 5) is 6.35. The fourth-order valence-corrected chi connectivity index (χ4v) is 1.68. The first kappa shape index (κ1) is 13.9. The maximum absolute atomic E-state index is 9.54. The lowest BCUT2D eigenvalue weighted by Gasteiger charge is -2.23. The minimum atomic E-state index is -0.487. The quantitative estimate of drug-likeness (QED) is 0.759. The van der Waals surface area contributed by atoms with Crippen LogP contribution in [0.4, 0.5) is 5.82 Å². The van der Waals surface area contributed by atoms with Gasteiger partial charge in [0.05, 0.1) is 12.7 Å². The Balaban J connectivity index is 2.81. The van der Waals surface area contributed by atoms with E-state index in [0.29, 0.717) is 6.54 Å². The topological polar surface area (TPSA) is 56.6 Å². The minimum Gasteiger partial charge on any atom is -0.395 e. The summed E-state index contributed by atoms with van der Waals surface area (Å²) in [5.74, 6) is 0.825. The van der Waals surface area contributed by atoms with Gasteiger partial charge in [-0.1, -0.05) is 13.3 Å². The van der Waals surface area contributed by atoms with Crippen LogP contribution in [0.25, 0.3) is 0 Å². The fourth-order valence-electron chi connectivity index (χ4n) is 1.68. The van der Waals surface area contributed by atoms with Crippen LogP contribution in [0.5, 0.6) is 0 Å². The Labute approximate surface area is 103 Å². The van der Waals surface area contributed by atoms with Gasteiger partial charge < -0.3 is 15.1 Å². The van der Waals surface area contributed by atoms with Crippen LogP contribution in [0.3, 0.4) is 0 Å². The van der Waals surface area contributed by atoms with Crippen molar-refractivity contribution in [1.82, 2.24) is 4.98 Å². The number of anilines is 1. The van der Waals surface area contributed by atoms with Gasteiger partial charge >= 0.3 is 0 Å². The van der Waals surface area contributed by atoms with Crippen molar-refractivity contribution >= 4 is 5.82 Å². The molecule has 0 radical (unpaired) electrons. The fraction of sp³-hybridized carbons (Fsp3) is 0.615. The first-order chi connectivity index (χ1) is 8.19. The number of unbranched alkanes of at least 4 members (excludes halogenated alkanes) is 1. The van der Waals surface area contributed by atoms with Crippen molar-refractivity contribution in [2.75, 3.05) is 24.6 Å². The Morgan fingerprint density at radius 1 is 1.41 bits per heavy atom. The largest absolute Gasteiger partial charge is 0.395 e. The van der Waals surface area contributed by atoms with Crippen molar-refractivity contribution in [2.24, 2.45) is 0 Å². The molecule has 0 saturated heterocycles. The van der Waals surface area contributed by atoms with Crippen LogP contribution in [0.2, 0.25) is 0 Å². The van der Waals surface area contributed by atoms with Crippen LogP contribution in [0.1, 0.15) is 38.4 Å². The Kier molecular flexibility index (Phi) is 5.94. The first-order valence-electron chi connectivity index (χ1n) is 6.18. The molecule has 1 aromatic rings. The molecule has 0 amide bonds. The highest BCUT2D eigenvalue weighted by Gasteiger charge is 2.09. The standard InChI is InChI=1S/C13H22N2O2/c1-3-4-7-15(8-9-16)13-10-12(11(2)17)5-6-14-13/h5-6,10-11,16-17H,3-4,7-9H2,1-2H3/t11-/m0/s1. The summed E-state index contributed by atoms with van der Waals surface area (Å²) in [7, 11) is 0. The molecule has 4 nitrogen and oxygen atoms in total. The van der Waals surface area contributed by atoms with E-state index >= 15 is 0 Å². The van der Waals surface area contributed by atoms with Gasteiger partial charge in [0.2, 0.25) is 0 Å². The third-order valence-corrected chi connectivity index (χ3v) is 2.73. The molecule has 0 aliphatic rings. The van der Waals surface area contributed by atoms with Gasteiger partial charge in [0.25, 0.3) is 0 Å². The molecule has 0 saturated carbocycles. The van der Waals surface area contributed by atoms with Gasteiger partial charge in [-0.3, -0.25) is 0 Å². The maximum Gasteiger partial charge on any atom is 0.128 e. The lowest BCUT2D eigenvalue weighted by atomic mass is 10.1. The van der Waals surface area contributed by atoms with E-state index in [2.05, 4.69) is 16.8 Å². The molecular formula is C13H22N2O2. The summed E-state index contributed by atoms with van der Waals surface area (Å²) in [6, 6.07) is 3.70. The average Bonchev–Trinajstić information content (AvgIpc) is 2.34. The second-order valence-corrected chi connectivity index (χ2v) is 4.19. The van der Waals surface area contributed by atoms with E-state index in [1.807, 2.05) is 12.1 Å². The van der Waals surface area contributed by atoms with Gasteiger partial charge in [-0.15, -0.1) is 0 Å². The van der Waals surface area contributed by atoms with Crippen molar-refractivity contribution in [1.29, 1.82) is 0 Å². The number of aliphatic hydroxyl groups excluding tert-OH is 2. The van der Waals surface area contributed by atoms with Crippen LogP contribution < -0.4 is 4.90 Å². The molecule has 4 heteroatoms. The maximum atomic E-state index is 9.54. The monoisotopic (exact) mass is 238 g/mol. The number of hydrogen-bond acceptors (Lipinski definition) is 4. The van der Waals surface area contributed by atoms with E-state index < -0.39 is 6.10 Å². The van der Waals surface area contributed by atoms with Crippen molar-refractivity contribution in [3.8, 4) is 0 Å². The normalized spacial score (nSPS) is 12.5. The van der Waals surface area contributed by atoms with Crippen molar-refractivity contribution < 1.29 is 10.2 Å². The Morgan fingerprint density at radius 2 is 2.18 bits per heavy atom. The molecule has 0 unspecified atom stereocenters. The van der Waals surface area contributed by atoms with E-state index in [0.717, 1.165) is 30.8 Å². The second kappa shape index (κ2) is 7.25. The number of hydrogen-bond donors (Lipinski definition) is 2. The van der Waals surface area contributed by atoms with E-state index in [4.69, 9.17) is 5.11 Å². The molecule has 1 aromatic heterocycles. The minimum absolute atomic E-state index is 0.115. The zero-order valence-electron chi connectivity index (χ0n) is 10.6. The first-order valence-corrected chi connectivity index (χ1v) is 6.18. The zero-order valence-corrected chi connectivity index (χ0v) is 10.6. The van der Waals surface area contributed by atoms with E-state index in [1.165, 1.54) is 0 Å². The van der Waals surface area contributed by atoms with E-state index in [-0.39, 0.29) is 6.61 Å². The highest BCUT2D eigenvalue weighted by atomic mass is 16.3. The zero-order chi connectivity index (χ0) is 12.7. The highest BCUT2D eigenvalue weighted by molar-refractivity contribution is 5.41. The van der Waals surface area contributed by atoms with Gasteiger partial charge in [-0.2, -0.15) is 0 Å². The summed E-state index contributed by atoms with van der Waals surface area (Å²) in [6.45, 7) is 5.45. The molecule has 0 aliphatic carbocycles. The molecule has 1 rings (SSSR count). The van der Waals surface area contributed by atoms with Crippen LogP contribution >= 0.6 is 0 Å². The van der Waals surface area contributed by atoms with Crippen LogP contribution in [0.15, 0.2) is 18.3 Å². The summed E-state index contributed by atoms with van der Waals surface area (Å²) in [6.07, 6.45) is 3.39. The second-order valence-electron chi connectivity index (χ2n) is 4.19. The lowest BCUT2D eigenvalue weighted by Crippen LogP contribution is -2.28. The molecule has 0 aliphatic heterocycles. The predicted octanol–water partition coefficient (Wildman–Crippen LogP) is 1.73. The molecular weight excluding hydrogens is 216 g/mol. The third kappa shape index (κ3) is 4.32. The number of aliphatic hydroxyl groups is 2. The lowest BCUT2D eigenvalue weighted by molar-refractivity contribution is 0.199. The van der Waals surface area contributed by atoms with Crippen LogP contribution in [-0.2, 0) is 0 Å². The summed E-state index contributed by atoms with van der Waals surface area (Å²) in [5.41, 5.74) is 0.856. The molecule has 17 heavy (non-hydrogen) atoms. The van der Waals surface area contributed by atoms with Crippen molar-refractivity contribution in [3.63, 3.8) is 0 Å². The summed E-state index contributed by atoms with van der Waals surface area (Å²) >= 11 is 0. The Hall–Kier alpha value is -1.13. The third-order valence-electron chi connectivity index (χ3n) is 2.73. The van der Waals surface area contributed by atoms with Crippen molar-refractivity contribution in [3.05, 3.63) is 23.9 Å². The summed E-state index contributed by atoms with van der Waals surface area (Å²) in [5, 5.41) is 18.6. The number of nitrogens with zero attached hydrogens (tertiary/aromatic N) is 2. The SMILES string of the molecule is CCCCN(CCO)c1cc([C@H](C)O)ccn1. The van der Waals surface area contributed by atoms with Gasteiger partial charge in [-0.25, -0.2) is 4.98 Å². The molecule has 0 bridgehead atoms. The number of aromatic nitrogens is 1. The number of pyridine rings is 1. The Morgan fingerprint density at radius 3 is 2.76 bits per heavy atom. The molecule has 1 heterocycles. The average molecular weight is 238 g/mol. The smallest absolute Gasteiger partial charge is 0.128 e. The van der Waals surface area contributed by atoms with Gasteiger partial charge in [0.15, 0.2) is 0 Å². The predicted molar refractivity (Wildman–Crippen MR) is 69.1 cm³/mol. The van der Waals surface area contributed by atoms with E-state index in [1.54, 1.807) is 13.1 Å². The number of rotatable bonds is 7. The molecule has 0 fully saturated rings. The Bertz CT molecular complexity index is 329. The van der Waals surface area contributed by atoms with Gasteiger partial charge in [-0.05, 0) is 31.0 Å². The molecule has 1 atom stereocenters. The van der Waals surface area contributed by atoms with Crippen LogP contribution in [0, 0.1) is 0 Å². The van der Waals surface area contributed by atoms with Gasteiger partial charge in [0, 0.05) is 19.3 Å². The van der Waals surface area contributed by atoms with Crippen LogP contribution in [-0.4, -0.2) is 34.9 Å². The van der Waals surface area contributed by atoms with Crippen molar-refractivity contribution in [2.45, 2.75) is 32.8 Å². The highest BCUT2D eigenvalue weighted by Crippen LogP contribution is 2.18. The molecule has 0 aromatic carbocycles. The molecule has 0 spiro atoms. The van der Waals surface area contributed by atoms with Gasteiger partial charge in [0.1, 0.15) is 5.82 Å². The van der Waals surface area contributed by atoms with E-state index in [9.17, 15) is 5.11 Å². The molecule has 96 valence electrons. The molecule has 2 N–H and O–H groups in total.